The number of fused-ring (bicyclic) bond motifs is 1. The van der Waals surface area contributed by atoms with Crippen molar-refractivity contribution in [1.82, 2.24) is 14.5 Å². The zero-order valence-electron chi connectivity index (χ0n) is 9.47. The first-order chi connectivity index (χ1) is 7.65. The van der Waals surface area contributed by atoms with Crippen LogP contribution in [0.2, 0.25) is 0 Å². The molecule has 0 N–H and O–H groups in total. The lowest BCUT2D eigenvalue weighted by Crippen LogP contribution is -2.13. The monoisotopic (exact) mass is 219 g/mol. The van der Waals surface area contributed by atoms with Crippen LogP contribution in [0.1, 0.15) is 30.5 Å². The van der Waals surface area contributed by atoms with Gasteiger partial charge < -0.3 is 9.30 Å². The van der Waals surface area contributed by atoms with Gasteiger partial charge in [0.25, 0.3) is 0 Å². The van der Waals surface area contributed by atoms with Crippen molar-refractivity contribution in [3.05, 3.63) is 24.2 Å². The molecule has 0 atom stereocenters. The first-order valence-corrected chi connectivity index (χ1v) is 5.06. The van der Waals surface area contributed by atoms with Crippen LogP contribution in [-0.4, -0.2) is 27.6 Å². The van der Waals surface area contributed by atoms with Crippen LogP contribution in [0.15, 0.2) is 18.3 Å². The summed E-state index contributed by atoms with van der Waals surface area (Å²) in [4.78, 5) is 20.0. The Morgan fingerprint density at radius 2 is 2.25 bits per heavy atom. The maximum absolute atomic E-state index is 11.6. The molecule has 0 aliphatic heterocycles. The maximum Gasteiger partial charge on any atom is 0.374 e. The molecule has 0 saturated carbocycles. The largest absolute Gasteiger partial charge is 0.463 e. The van der Waals surface area contributed by atoms with Crippen LogP contribution >= 0.6 is 0 Å². The molecule has 16 heavy (non-hydrogen) atoms. The quantitative estimate of drug-likeness (QED) is 0.723. The van der Waals surface area contributed by atoms with Gasteiger partial charge in [0.05, 0.1) is 7.11 Å². The normalized spacial score (nSPS) is 11.0. The van der Waals surface area contributed by atoms with Crippen LogP contribution in [0.4, 0.5) is 0 Å². The number of carbonyl (C=O) groups is 1. The van der Waals surface area contributed by atoms with E-state index in [0.717, 1.165) is 0 Å². The van der Waals surface area contributed by atoms with Crippen LogP contribution in [0, 0.1) is 0 Å². The molecule has 0 unspecified atom stereocenters. The molecule has 84 valence electrons. The molecule has 0 radical (unpaired) electrons. The minimum Gasteiger partial charge on any atom is -0.463 e. The Hall–Kier alpha value is -1.91. The summed E-state index contributed by atoms with van der Waals surface area (Å²) in [7, 11) is 1.35. The average molecular weight is 219 g/mol. The van der Waals surface area contributed by atoms with Gasteiger partial charge in [-0.2, -0.15) is 0 Å². The number of rotatable bonds is 2. The van der Waals surface area contributed by atoms with E-state index >= 15 is 0 Å². The molecule has 5 heteroatoms. The number of hydrogen-bond donors (Lipinski definition) is 0. The third kappa shape index (κ3) is 1.54. The fraction of sp³-hybridized carbons (Fsp3) is 0.364. The Bertz CT molecular complexity index is 531. The lowest BCUT2D eigenvalue weighted by molar-refractivity contribution is 0.0580. The smallest absolute Gasteiger partial charge is 0.374 e. The van der Waals surface area contributed by atoms with Gasteiger partial charge in [-0.1, -0.05) is 0 Å². The fourth-order valence-corrected chi connectivity index (χ4v) is 1.65. The van der Waals surface area contributed by atoms with Crippen LogP contribution < -0.4 is 0 Å². The van der Waals surface area contributed by atoms with Crippen molar-refractivity contribution < 1.29 is 9.53 Å². The molecule has 2 heterocycles. The van der Waals surface area contributed by atoms with E-state index in [2.05, 4.69) is 9.97 Å². The first-order valence-electron chi connectivity index (χ1n) is 5.06. The van der Waals surface area contributed by atoms with Crippen molar-refractivity contribution in [3.8, 4) is 0 Å². The summed E-state index contributed by atoms with van der Waals surface area (Å²) in [6.45, 7) is 3.95. The highest BCUT2D eigenvalue weighted by molar-refractivity contribution is 5.90. The third-order valence-corrected chi connectivity index (χ3v) is 2.33. The zero-order valence-corrected chi connectivity index (χ0v) is 9.47. The second-order valence-corrected chi connectivity index (χ2v) is 3.74. The van der Waals surface area contributed by atoms with Crippen LogP contribution in [-0.2, 0) is 4.74 Å². The molecular formula is C11H13N3O2. The highest BCUT2D eigenvalue weighted by Gasteiger charge is 2.20. The van der Waals surface area contributed by atoms with Gasteiger partial charge in [-0.25, -0.2) is 14.8 Å². The Balaban J connectivity index is 2.73. The summed E-state index contributed by atoms with van der Waals surface area (Å²) < 4.78 is 6.49. The van der Waals surface area contributed by atoms with Gasteiger partial charge in [0.1, 0.15) is 5.52 Å². The van der Waals surface area contributed by atoms with Gasteiger partial charge in [0.2, 0.25) is 5.82 Å². The van der Waals surface area contributed by atoms with Crippen molar-refractivity contribution in [3.63, 3.8) is 0 Å². The van der Waals surface area contributed by atoms with E-state index in [1.165, 1.54) is 7.11 Å². The topological polar surface area (TPSA) is 57.0 Å². The predicted octanol–water partition coefficient (Wildman–Crippen LogP) is 1.80. The maximum atomic E-state index is 11.6. The van der Waals surface area contributed by atoms with E-state index in [1.807, 2.05) is 19.9 Å². The molecular weight excluding hydrogens is 206 g/mol. The Kier molecular flexibility index (Phi) is 2.60. The summed E-state index contributed by atoms with van der Waals surface area (Å²) in [5.41, 5.74) is 1.41. The van der Waals surface area contributed by atoms with Crippen molar-refractivity contribution in [2.45, 2.75) is 19.9 Å². The van der Waals surface area contributed by atoms with Crippen LogP contribution in [0.25, 0.3) is 11.2 Å². The number of hydrogen-bond acceptors (Lipinski definition) is 4. The van der Waals surface area contributed by atoms with Gasteiger partial charge in [0.15, 0.2) is 5.65 Å². The fourth-order valence-electron chi connectivity index (χ4n) is 1.65. The van der Waals surface area contributed by atoms with Gasteiger partial charge in [-0.15, -0.1) is 0 Å². The highest BCUT2D eigenvalue weighted by Crippen LogP contribution is 2.19. The summed E-state index contributed by atoms with van der Waals surface area (Å²) in [6, 6.07) is 3.73. The molecule has 0 fully saturated rings. The Morgan fingerprint density at radius 1 is 1.50 bits per heavy atom. The third-order valence-electron chi connectivity index (χ3n) is 2.33. The van der Waals surface area contributed by atoms with E-state index in [-0.39, 0.29) is 6.04 Å². The van der Waals surface area contributed by atoms with Gasteiger partial charge in [0, 0.05) is 12.2 Å². The molecule has 0 aromatic carbocycles. The Morgan fingerprint density at radius 3 is 2.88 bits per heavy atom. The summed E-state index contributed by atoms with van der Waals surface area (Å²) >= 11 is 0. The highest BCUT2D eigenvalue weighted by atomic mass is 16.5. The number of imidazole rings is 1. The molecule has 0 aliphatic carbocycles. The SMILES string of the molecule is COC(=O)c1nc2cccnc2n1C(C)C. The number of nitrogens with zero attached hydrogens (tertiary/aromatic N) is 3. The molecule has 2 rings (SSSR count). The van der Waals surface area contributed by atoms with Crippen molar-refractivity contribution in [2.24, 2.45) is 0 Å². The van der Waals surface area contributed by atoms with Crippen molar-refractivity contribution in [2.75, 3.05) is 7.11 Å². The average Bonchev–Trinajstić information content (AvgIpc) is 2.67. The van der Waals surface area contributed by atoms with E-state index in [9.17, 15) is 4.79 Å². The molecule has 2 aromatic heterocycles. The van der Waals surface area contributed by atoms with Crippen molar-refractivity contribution in [1.29, 1.82) is 0 Å². The minimum atomic E-state index is -0.438. The number of methoxy groups -OCH3 is 1. The second kappa shape index (κ2) is 3.92. The predicted molar refractivity (Wildman–Crippen MR) is 59.3 cm³/mol. The molecule has 0 spiro atoms. The number of esters is 1. The lowest BCUT2D eigenvalue weighted by Gasteiger charge is -2.10. The molecule has 2 aromatic rings. The molecule has 0 bridgehead atoms. The van der Waals surface area contributed by atoms with Crippen LogP contribution in [0.5, 0.6) is 0 Å². The molecule has 0 saturated heterocycles. The molecule has 5 nitrogen and oxygen atoms in total. The number of carbonyl (C=O) groups excluding carboxylic acids is 1. The number of pyridine rings is 1. The van der Waals surface area contributed by atoms with Crippen molar-refractivity contribution >= 4 is 17.1 Å². The van der Waals surface area contributed by atoms with Crippen LogP contribution in [0.3, 0.4) is 0 Å². The molecule has 0 amide bonds. The van der Waals surface area contributed by atoms with E-state index in [4.69, 9.17) is 4.74 Å². The standard InChI is InChI=1S/C11H13N3O2/c1-7(2)14-9-8(5-4-6-12-9)13-10(14)11(15)16-3/h4-7H,1-3H3. The number of ether oxygens (including phenoxy) is 1. The second-order valence-electron chi connectivity index (χ2n) is 3.74. The minimum absolute atomic E-state index is 0.106. The first kappa shape index (κ1) is 10.6. The lowest BCUT2D eigenvalue weighted by atomic mass is 10.3. The van der Waals surface area contributed by atoms with Gasteiger partial charge >= 0.3 is 5.97 Å². The van der Waals surface area contributed by atoms with E-state index in [1.54, 1.807) is 16.8 Å². The van der Waals surface area contributed by atoms with Gasteiger partial charge in [-0.3, -0.25) is 0 Å². The Labute approximate surface area is 93.1 Å². The summed E-state index contributed by atoms with van der Waals surface area (Å²) in [5.74, 6) is -0.141. The summed E-state index contributed by atoms with van der Waals surface area (Å²) in [5, 5.41) is 0. The van der Waals surface area contributed by atoms with E-state index < -0.39 is 5.97 Å². The molecule has 0 aliphatic rings. The van der Waals surface area contributed by atoms with Gasteiger partial charge in [-0.05, 0) is 26.0 Å². The zero-order chi connectivity index (χ0) is 11.7. The van der Waals surface area contributed by atoms with E-state index in [0.29, 0.717) is 17.0 Å². The summed E-state index contributed by atoms with van der Waals surface area (Å²) in [6.07, 6.45) is 1.68. The number of aromatic nitrogens is 3.